The summed E-state index contributed by atoms with van der Waals surface area (Å²) < 4.78 is 5.22. The number of carbonyl (C=O) groups excluding carboxylic acids is 1. The number of esters is 1. The Morgan fingerprint density at radius 3 is 1.79 bits per heavy atom. The first-order chi connectivity index (χ1) is 11.8. The molecule has 0 amide bonds. The summed E-state index contributed by atoms with van der Waals surface area (Å²) in [6.07, 6.45) is 22.9. The van der Waals surface area contributed by atoms with Gasteiger partial charge in [-0.15, -0.1) is 13.2 Å². The average Bonchev–Trinajstić information content (AvgIpc) is 2.58. The Morgan fingerprint density at radius 2 is 1.25 bits per heavy atom. The van der Waals surface area contributed by atoms with Gasteiger partial charge < -0.3 is 4.74 Å². The number of carbonyl (C=O) groups is 1. The third-order valence-electron chi connectivity index (χ3n) is 4.71. The topological polar surface area (TPSA) is 26.3 Å². The molecular formula is C22H36O2. The molecule has 1 aliphatic rings. The Kier molecular flexibility index (Phi) is 12.2. The van der Waals surface area contributed by atoms with Crippen LogP contribution in [-0.2, 0) is 9.53 Å². The largest absolute Gasteiger partial charge is 0.430 e. The van der Waals surface area contributed by atoms with E-state index in [0.29, 0.717) is 0 Å². The van der Waals surface area contributed by atoms with Gasteiger partial charge in [0, 0.05) is 0 Å². The van der Waals surface area contributed by atoms with Gasteiger partial charge in [0.1, 0.15) is 11.7 Å². The molecule has 0 aromatic rings. The van der Waals surface area contributed by atoms with Crippen molar-refractivity contribution < 1.29 is 9.53 Å². The predicted molar refractivity (Wildman–Crippen MR) is 103 cm³/mol. The van der Waals surface area contributed by atoms with Crippen LogP contribution in [0, 0.1) is 5.92 Å². The van der Waals surface area contributed by atoms with Crippen LogP contribution in [-0.4, -0.2) is 5.97 Å². The average molecular weight is 333 g/mol. The number of hydrogen-bond acceptors (Lipinski definition) is 2. The first-order valence-electron chi connectivity index (χ1n) is 9.93. The zero-order chi connectivity index (χ0) is 17.5. The summed E-state index contributed by atoms with van der Waals surface area (Å²) in [7, 11) is 0. The van der Waals surface area contributed by atoms with Gasteiger partial charge in [0.2, 0.25) is 0 Å². The highest BCUT2D eigenvalue weighted by Crippen LogP contribution is 2.32. The van der Waals surface area contributed by atoms with Crippen LogP contribution in [0.2, 0.25) is 0 Å². The highest BCUT2D eigenvalue weighted by molar-refractivity contribution is 5.82. The summed E-state index contributed by atoms with van der Waals surface area (Å²) >= 11 is 0. The summed E-state index contributed by atoms with van der Waals surface area (Å²) in [5.74, 6) is 0.987. The van der Waals surface area contributed by atoms with Crippen LogP contribution >= 0.6 is 0 Å². The molecule has 136 valence electrons. The monoisotopic (exact) mass is 332 g/mol. The molecule has 1 saturated heterocycles. The van der Waals surface area contributed by atoms with E-state index < -0.39 is 0 Å². The third kappa shape index (κ3) is 9.10. The minimum absolute atomic E-state index is 0.0164. The van der Waals surface area contributed by atoms with Gasteiger partial charge in [-0.2, -0.15) is 0 Å². The van der Waals surface area contributed by atoms with E-state index in [4.69, 9.17) is 4.74 Å². The smallest absolute Gasteiger partial charge is 0.321 e. The summed E-state index contributed by atoms with van der Waals surface area (Å²) in [5, 5.41) is 0. The lowest BCUT2D eigenvalue weighted by Crippen LogP contribution is -2.32. The fourth-order valence-corrected chi connectivity index (χ4v) is 3.14. The van der Waals surface area contributed by atoms with Crippen LogP contribution in [0.1, 0.15) is 89.9 Å². The molecule has 1 rings (SSSR count). The molecule has 1 atom stereocenters. The molecule has 0 aromatic carbocycles. The van der Waals surface area contributed by atoms with Crippen molar-refractivity contribution in [2.24, 2.45) is 5.92 Å². The number of allylic oxidation sites excluding steroid dienone is 3. The number of ether oxygens (including phenoxy) is 1. The van der Waals surface area contributed by atoms with Crippen LogP contribution in [0.25, 0.3) is 0 Å². The van der Waals surface area contributed by atoms with E-state index >= 15 is 0 Å². The molecule has 0 radical (unpaired) electrons. The lowest BCUT2D eigenvalue weighted by atomic mass is 9.93. The van der Waals surface area contributed by atoms with Crippen molar-refractivity contribution in [3.05, 3.63) is 37.1 Å². The quantitative estimate of drug-likeness (QED) is 0.175. The van der Waals surface area contributed by atoms with Crippen molar-refractivity contribution >= 4 is 5.97 Å². The van der Waals surface area contributed by atoms with E-state index in [-0.39, 0.29) is 11.9 Å². The summed E-state index contributed by atoms with van der Waals surface area (Å²) in [4.78, 5) is 11.6. The lowest BCUT2D eigenvalue weighted by molar-refractivity contribution is -0.157. The molecule has 24 heavy (non-hydrogen) atoms. The summed E-state index contributed by atoms with van der Waals surface area (Å²) in [6, 6.07) is 0. The number of unbranched alkanes of at least 4 members (excludes halogenated alkanes) is 11. The van der Waals surface area contributed by atoms with Crippen LogP contribution in [0.15, 0.2) is 37.1 Å². The molecule has 2 heteroatoms. The van der Waals surface area contributed by atoms with Crippen molar-refractivity contribution in [2.45, 2.75) is 89.9 Å². The van der Waals surface area contributed by atoms with Gasteiger partial charge >= 0.3 is 5.97 Å². The Hall–Kier alpha value is -1.31. The van der Waals surface area contributed by atoms with Gasteiger partial charge in [-0.3, -0.25) is 4.79 Å². The highest BCUT2D eigenvalue weighted by atomic mass is 16.6. The van der Waals surface area contributed by atoms with Crippen LogP contribution < -0.4 is 0 Å². The van der Waals surface area contributed by atoms with Crippen LogP contribution in [0.3, 0.4) is 0 Å². The second-order valence-electron chi connectivity index (χ2n) is 6.85. The molecule has 0 N–H and O–H groups in total. The molecule has 0 aromatic heterocycles. The minimum Gasteiger partial charge on any atom is -0.430 e. The Labute approximate surface area is 149 Å². The number of hydrogen-bond donors (Lipinski definition) is 0. The maximum Gasteiger partial charge on any atom is 0.321 e. The zero-order valence-corrected chi connectivity index (χ0v) is 15.4. The Balaban J connectivity index is 2.03. The standard InChI is InChI=1S/C22H36O2/c1-3-5-7-9-11-13-15-17-19-21-20(22(23)24-21)18-16-14-12-10-8-6-4-2/h3-4,19-20H,1-2,5-18H2. The molecule has 0 spiro atoms. The lowest BCUT2D eigenvalue weighted by Gasteiger charge is -2.28. The molecule has 1 heterocycles. The van der Waals surface area contributed by atoms with Gasteiger partial charge in [-0.1, -0.05) is 57.1 Å². The number of rotatable bonds is 16. The Morgan fingerprint density at radius 1 is 0.750 bits per heavy atom. The van der Waals surface area contributed by atoms with E-state index in [1.807, 2.05) is 12.2 Å². The fourth-order valence-electron chi connectivity index (χ4n) is 3.14. The second kappa shape index (κ2) is 14.1. The first-order valence-corrected chi connectivity index (χ1v) is 9.93. The molecular weight excluding hydrogens is 296 g/mol. The molecule has 0 bridgehead atoms. The van der Waals surface area contributed by atoms with Crippen molar-refractivity contribution in [3.8, 4) is 0 Å². The molecule has 0 saturated carbocycles. The van der Waals surface area contributed by atoms with Gasteiger partial charge in [0.25, 0.3) is 0 Å². The number of cyclic esters (lactones) is 1. The van der Waals surface area contributed by atoms with Crippen LogP contribution in [0.5, 0.6) is 0 Å². The van der Waals surface area contributed by atoms with E-state index in [0.717, 1.165) is 37.9 Å². The summed E-state index contributed by atoms with van der Waals surface area (Å²) in [5.41, 5.74) is 0. The van der Waals surface area contributed by atoms with E-state index in [2.05, 4.69) is 19.2 Å². The normalized spacial score (nSPS) is 18.2. The fraction of sp³-hybridized carbons (Fsp3) is 0.682. The third-order valence-corrected chi connectivity index (χ3v) is 4.71. The first kappa shape index (κ1) is 20.7. The molecule has 1 aliphatic heterocycles. The SMILES string of the molecule is C=CCCCCCCCC=C1OC(=O)C1CCCCCCCC=C. The van der Waals surface area contributed by atoms with Gasteiger partial charge in [0.05, 0.1) is 0 Å². The van der Waals surface area contributed by atoms with Crippen molar-refractivity contribution in [1.82, 2.24) is 0 Å². The van der Waals surface area contributed by atoms with Crippen molar-refractivity contribution in [2.75, 3.05) is 0 Å². The predicted octanol–water partition coefficient (Wildman–Crippen LogP) is 6.88. The van der Waals surface area contributed by atoms with E-state index in [1.165, 1.54) is 57.8 Å². The van der Waals surface area contributed by atoms with Crippen molar-refractivity contribution in [1.29, 1.82) is 0 Å². The maximum absolute atomic E-state index is 11.6. The Bertz CT molecular complexity index is 395. The van der Waals surface area contributed by atoms with Crippen LogP contribution in [0.4, 0.5) is 0 Å². The maximum atomic E-state index is 11.6. The summed E-state index contributed by atoms with van der Waals surface area (Å²) in [6.45, 7) is 7.49. The van der Waals surface area contributed by atoms with Gasteiger partial charge in [0.15, 0.2) is 0 Å². The van der Waals surface area contributed by atoms with Crippen molar-refractivity contribution in [3.63, 3.8) is 0 Å². The highest BCUT2D eigenvalue weighted by Gasteiger charge is 2.36. The minimum atomic E-state index is -0.0164. The molecule has 1 fully saturated rings. The van der Waals surface area contributed by atoms with E-state index in [1.54, 1.807) is 0 Å². The molecule has 0 aliphatic carbocycles. The van der Waals surface area contributed by atoms with E-state index in [9.17, 15) is 4.79 Å². The van der Waals surface area contributed by atoms with Gasteiger partial charge in [-0.25, -0.2) is 0 Å². The molecule has 1 unspecified atom stereocenters. The molecule has 2 nitrogen and oxygen atoms in total. The van der Waals surface area contributed by atoms with Gasteiger partial charge in [-0.05, 0) is 51.0 Å². The second-order valence-corrected chi connectivity index (χ2v) is 6.85. The zero-order valence-electron chi connectivity index (χ0n) is 15.4.